The van der Waals surface area contributed by atoms with Crippen LogP contribution in [0.2, 0.25) is 0 Å². The quantitative estimate of drug-likeness (QED) is 0.344. The first-order valence-electron chi connectivity index (χ1n) is 11.8. The van der Waals surface area contributed by atoms with Crippen LogP contribution in [-0.4, -0.2) is 48.5 Å². The maximum absolute atomic E-state index is 12.7. The molecule has 0 radical (unpaired) electrons. The minimum absolute atomic E-state index is 0.346. The molecule has 0 aliphatic carbocycles. The summed E-state index contributed by atoms with van der Waals surface area (Å²) in [5.41, 5.74) is 3.51. The van der Waals surface area contributed by atoms with Crippen LogP contribution in [0.4, 0.5) is 23.1 Å². The Hall–Kier alpha value is -4.64. The van der Waals surface area contributed by atoms with Crippen molar-refractivity contribution in [1.82, 2.24) is 15.0 Å². The van der Waals surface area contributed by atoms with Gasteiger partial charge in [-0.1, -0.05) is 18.2 Å². The Bertz CT molecular complexity index is 1600. The molecule has 38 heavy (non-hydrogen) atoms. The zero-order valence-corrected chi connectivity index (χ0v) is 21.5. The van der Waals surface area contributed by atoms with Crippen molar-refractivity contribution in [3.8, 4) is 0 Å². The molecule has 0 unspecified atom stereocenters. The van der Waals surface area contributed by atoms with Gasteiger partial charge in [-0.2, -0.15) is 0 Å². The monoisotopic (exact) mass is 528 g/mol. The number of amides is 2. The SMILES string of the molecule is CN(c1ncccc1CCc1ccnc(Nc2ccc(N3C(=O)c4ccccc4C3=O)cc2)n1)S(C)(=O)=O. The molecule has 0 saturated heterocycles. The topological polar surface area (TPSA) is 125 Å². The lowest BCUT2D eigenvalue weighted by Crippen LogP contribution is -2.29. The summed E-state index contributed by atoms with van der Waals surface area (Å²) in [5.74, 6) is 0.0832. The molecule has 11 heteroatoms. The van der Waals surface area contributed by atoms with Gasteiger partial charge in [0.1, 0.15) is 5.82 Å². The van der Waals surface area contributed by atoms with Gasteiger partial charge in [0.25, 0.3) is 11.8 Å². The van der Waals surface area contributed by atoms with Gasteiger partial charge in [-0.05, 0) is 66.9 Å². The van der Waals surface area contributed by atoms with E-state index in [1.165, 1.54) is 16.3 Å². The fourth-order valence-corrected chi connectivity index (χ4v) is 4.65. The number of imide groups is 1. The molecule has 4 aromatic rings. The van der Waals surface area contributed by atoms with E-state index in [1.54, 1.807) is 73.1 Å². The van der Waals surface area contributed by atoms with Crippen molar-refractivity contribution in [1.29, 1.82) is 0 Å². The second-order valence-corrected chi connectivity index (χ2v) is 10.8. The van der Waals surface area contributed by atoms with Gasteiger partial charge >= 0.3 is 0 Å². The van der Waals surface area contributed by atoms with Gasteiger partial charge in [-0.15, -0.1) is 0 Å². The maximum atomic E-state index is 12.7. The first-order chi connectivity index (χ1) is 18.2. The molecule has 0 saturated carbocycles. The molecule has 2 aromatic carbocycles. The summed E-state index contributed by atoms with van der Waals surface area (Å²) in [5, 5.41) is 3.14. The van der Waals surface area contributed by atoms with Crippen molar-refractivity contribution in [2.75, 3.05) is 27.8 Å². The number of benzene rings is 2. The summed E-state index contributed by atoms with van der Waals surface area (Å²) in [4.78, 5) is 39.7. The van der Waals surface area contributed by atoms with E-state index in [2.05, 4.69) is 20.3 Å². The van der Waals surface area contributed by atoms with E-state index in [0.29, 0.717) is 47.1 Å². The molecule has 0 fully saturated rings. The lowest BCUT2D eigenvalue weighted by molar-refractivity contribution is 0.0926. The van der Waals surface area contributed by atoms with Crippen LogP contribution in [0.1, 0.15) is 32.0 Å². The summed E-state index contributed by atoms with van der Waals surface area (Å²) >= 11 is 0. The first-order valence-corrected chi connectivity index (χ1v) is 13.6. The van der Waals surface area contributed by atoms with Crippen LogP contribution in [0.5, 0.6) is 0 Å². The van der Waals surface area contributed by atoms with Crippen molar-refractivity contribution < 1.29 is 18.0 Å². The van der Waals surface area contributed by atoms with E-state index >= 15 is 0 Å². The zero-order chi connectivity index (χ0) is 26.9. The number of nitrogens with one attached hydrogen (secondary N) is 1. The molecule has 192 valence electrons. The standard InChI is InChI=1S/C27H24N6O4S/c1-32(38(2,36)37)24-18(6-5-16-28-24)9-10-20-15-17-29-27(31-20)30-19-11-13-21(14-12-19)33-25(34)22-7-3-4-8-23(22)26(33)35/h3-8,11-17H,9-10H2,1-2H3,(H,29,30,31). The van der Waals surface area contributed by atoms with Crippen LogP contribution in [-0.2, 0) is 22.9 Å². The van der Waals surface area contributed by atoms with Crippen LogP contribution in [0.15, 0.2) is 79.1 Å². The third-order valence-electron chi connectivity index (χ3n) is 6.20. The molecule has 0 bridgehead atoms. The molecule has 1 aliphatic heterocycles. The number of aryl methyl sites for hydroxylation is 2. The zero-order valence-electron chi connectivity index (χ0n) is 20.7. The smallest absolute Gasteiger partial charge is 0.266 e. The fourth-order valence-electron chi connectivity index (χ4n) is 4.17. The first kappa shape index (κ1) is 25.0. The fraction of sp³-hybridized carbons (Fsp3) is 0.148. The molecule has 2 aromatic heterocycles. The Balaban J connectivity index is 1.27. The second-order valence-electron chi connectivity index (χ2n) is 8.75. The summed E-state index contributed by atoms with van der Waals surface area (Å²) < 4.78 is 25.1. The largest absolute Gasteiger partial charge is 0.324 e. The van der Waals surface area contributed by atoms with Crippen molar-refractivity contribution in [2.45, 2.75) is 12.8 Å². The number of carbonyl (C=O) groups is 2. The van der Waals surface area contributed by atoms with Crippen LogP contribution >= 0.6 is 0 Å². The Morgan fingerprint density at radius 1 is 0.842 bits per heavy atom. The minimum atomic E-state index is -3.44. The number of pyridine rings is 1. The lowest BCUT2D eigenvalue weighted by Gasteiger charge is -2.18. The summed E-state index contributed by atoms with van der Waals surface area (Å²) in [6, 6.07) is 19.1. The molecule has 2 amide bonds. The number of nitrogens with zero attached hydrogens (tertiary/aromatic N) is 5. The Labute approximate surface area is 220 Å². The average molecular weight is 529 g/mol. The number of fused-ring (bicyclic) bond motifs is 1. The Kier molecular flexibility index (Phi) is 6.60. The van der Waals surface area contributed by atoms with E-state index in [9.17, 15) is 18.0 Å². The molecule has 5 rings (SSSR count). The third kappa shape index (κ3) is 4.96. The highest BCUT2D eigenvalue weighted by Gasteiger charge is 2.36. The van der Waals surface area contributed by atoms with Crippen molar-refractivity contribution >= 4 is 45.0 Å². The van der Waals surface area contributed by atoms with Crippen LogP contribution < -0.4 is 14.5 Å². The number of rotatable bonds is 8. The molecular formula is C27H24N6O4S. The maximum Gasteiger partial charge on any atom is 0.266 e. The van der Waals surface area contributed by atoms with Gasteiger partial charge in [-0.25, -0.2) is 28.3 Å². The van der Waals surface area contributed by atoms with Gasteiger partial charge in [0, 0.05) is 30.8 Å². The highest BCUT2D eigenvalue weighted by atomic mass is 32.2. The van der Waals surface area contributed by atoms with E-state index in [-0.39, 0.29) is 11.8 Å². The van der Waals surface area contributed by atoms with Crippen molar-refractivity contribution in [2.24, 2.45) is 0 Å². The summed E-state index contributed by atoms with van der Waals surface area (Å²) in [6.45, 7) is 0. The molecular weight excluding hydrogens is 504 g/mol. The second kappa shape index (κ2) is 10.0. The average Bonchev–Trinajstić information content (AvgIpc) is 3.17. The number of hydrogen-bond donors (Lipinski definition) is 1. The lowest BCUT2D eigenvalue weighted by atomic mass is 10.1. The summed E-state index contributed by atoms with van der Waals surface area (Å²) in [6.07, 6.45) is 5.43. The van der Waals surface area contributed by atoms with E-state index in [1.807, 2.05) is 6.07 Å². The van der Waals surface area contributed by atoms with Gasteiger partial charge < -0.3 is 5.32 Å². The number of anilines is 4. The number of sulfonamides is 1. The molecule has 0 spiro atoms. The van der Waals surface area contributed by atoms with Crippen LogP contribution in [0.25, 0.3) is 0 Å². The third-order valence-corrected chi connectivity index (χ3v) is 7.37. The highest BCUT2D eigenvalue weighted by Crippen LogP contribution is 2.29. The van der Waals surface area contributed by atoms with Crippen LogP contribution in [0, 0.1) is 0 Å². The van der Waals surface area contributed by atoms with Gasteiger partial charge in [0.2, 0.25) is 16.0 Å². The molecule has 1 aliphatic rings. The number of hydrogen-bond acceptors (Lipinski definition) is 8. The van der Waals surface area contributed by atoms with Gasteiger partial charge in [0.15, 0.2) is 0 Å². The molecule has 10 nitrogen and oxygen atoms in total. The van der Waals surface area contributed by atoms with E-state index in [0.717, 1.165) is 17.5 Å². The van der Waals surface area contributed by atoms with Gasteiger partial charge in [-0.3, -0.25) is 13.9 Å². The Morgan fingerprint density at radius 2 is 1.53 bits per heavy atom. The van der Waals surface area contributed by atoms with E-state index < -0.39 is 10.0 Å². The number of carbonyl (C=O) groups excluding carboxylic acids is 2. The predicted molar refractivity (Wildman–Crippen MR) is 144 cm³/mol. The Morgan fingerprint density at radius 3 is 2.18 bits per heavy atom. The van der Waals surface area contributed by atoms with Gasteiger partial charge in [0.05, 0.1) is 23.1 Å². The molecule has 0 atom stereocenters. The van der Waals surface area contributed by atoms with Crippen molar-refractivity contribution in [3.63, 3.8) is 0 Å². The van der Waals surface area contributed by atoms with E-state index in [4.69, 9.17) is 0 Å². The highest BCUT2D eigenvalue weighted by molar-refractivity contribution is 7.92. The predicted octanol–water partition coefficient (Wildman–Crippen LogP) is 3.60. The normalized spacial score (nSPS) is 12.9. The molecule has 1 N–H and O–H groups in total. The minimum Gasteiger partial charge on any atom is -0.324 e. The van der Waals surface area contributed by atoms with Crippen molar-refractivity contribution in [3.05, 3.63) is 102 Å². The van der Waals surface area contributed by atoms with Crippen LogP contribution in [0.3, 0.4) is 0 Å². The number of aromatic nitrogens is 3. The summed E-state index contributed by atoms with van der Waals surface area (Å²) in [7, 11) is -1.96. The molecule has 3 heterocycles.